The highest BCUT2D eigenvalue weighted by atomic mass is 16.3. The van der Waals surface area contributed by atoms with E-state index in [0.717, 1.165) is 28.8 Å². The number of benzene rings is 2. The second-order valence-electron chi connectivity index (χ2n) is 5.13. The highest BCUT2D eigenvalue weighted by Gasteiger charge is 2.05. The number of oxazole rings is 1. The Morgan fingerprint density at radius 1 is 1.19 bits per heavy atom. The standard InChI is InChI=1S/C17H15N3O/c1-11-20-16-8-13(6-7-17(16)21-11)18-9-12-10-19-15-5-3-2-4-14(12)15/h2-8,10,18-19H,9H2,1H3. The summed E-state index contributed by atoms with van der Waals surface area (Å²) >= 11 is 0. The Hall–Kier alpha value is -2.75. The quantitative estimate of drug-likeness (QED) is 0.589. The first-order valence-corrected chi connectivity index (χ1v) is 6.96. The lowest BCUT2D eigenvalue weighted by Crippen LogP contribution is -1.98. The van der Waals surface area contributed by atoms with Crippen LogP contribution in [0.15, 0.2) is 53.1 Å². The predicted molar refractivity (Wildman–Crippen MR) is 84.4 cm³/mol. The molecule has 0 bridgehead atoms. The molecule has 0 saturated heterocycles. The number of H-pyrrole nitrogens is 1. The molecular weight excluding hydrogens is 262 g/mol. The van der Waals surface area contributed by atoms with Crippen molar-refractivity contribution in [3.63, 3.8) is 0 Å². The van der Waals surface area contributed by atoms with E-state index in [9.17, 15) is 0 Å². The van der Waals surface area contributed by atoms with E-state index in [2.05, 4.69) is 39.7 Å². The fraction of sp³-hybridized carbons (Fsp3) is 0.118. The molecule has 2 aromatic heterocycles. The molecule has 4 rings (SSSR count). The average molecular weight is 277 g/mol. The molecule has 0 aliphatic rings. The maximum atomic E-state index is 5.49. The molecule has 2 aromatic carbocycles. The molecule has 4 aromatic rings. The van der Waals surface area contributed by atoms with Gasteiger partial charge in [0.1, 0.15) is 5.52 Å². The fourth-order valence-corrected chi connectivity index (χ4v) is 2.63. The van der Waals surface area contributed by atoms with Crippen LogP contribution in [-0.4, -0.2) is 9.97 Å². The van der Waals surface area contributed by atoms with E-state index in [1.165, 1.54) is 10.9 Å². The lowest BCUT2D eigenvalue weighted by Gasteiger charge is -2.05. The highest BCUT2D eigenvalue weighted by Crippen LogP contribution is 2.22. The van der Waals surface area contributed by atoms with Crippen molar-refractivity contribution in [2.24, 2.45) is 0 Å². The van der Waals surface area contributed by atoms with Crippen LogP contribution < -0.4 is 5.32 Å². The Morgan fingerprint density at radius 3 is 3.05 bits per heavy atom. The number of nitrogens with zero attached hydrogens (tertiary/aromatic N) is 1. The number of aromatic nitrogens is 2. The maximum Gasteiger partial charge on any atom is 0.192 e. The van der Waals surface area contributed by atoms with Crippen molar-refractivity contribution in [3.8, 4) is 0 Å². The van der Waals surface area contributed by atoms with Gasteiger partial charge in [-0.3, -0.25) is 0 Å². The van der Waals surface area contributed by atoms with Crippen LogP contribution in [0.1, 0.15) is 11.5 Å². The molecule has 0 saturated carbocycles. The van der Waals surface area contributed by atoms with Crippen LogP contribution in [0.25, 0.3) is 22.0 Å². The molecule has 0 aliphatic heterocycles. The van der Waals surface area contributed by atoms with E-state index in [0.29, 0.717) is 5.89 Å². The normalized spacial score (nSPS) is 11.3. The maximum absolute atomic E-state index is 5.49. The molecule has 2 heterocycles. The van der Waals surface area contributed by atoms with Gasteiger partial charge >= 0.3 is 0 Å². The van der Waals surface area contributed by atoms with Crippen LogP contribution in [0.2, 0.25) is 0 Å². The van der Waals surface area contributed by atoms with Gasteiger partial charge in [-0.25, -0.2) is 4.98 Å². The lowest BCUT2D eigenvalue weighted by atomic mass is 10.2. The van der Waals surface area contributed by atoms with Crippen LogP contribution in [0.3, 0.4) is 0 Å². The van der Waals surface area contributed by atoms with E-state index in [1.54, 1.807) is 0 Å². The van der Waals surface area contributed by atoms with Gasteiger partial charge in [0.2, 0.25) is 0 Å². The highest BCUT2D eigenvalue weighted by molar-refractivity contribution is 5.83. The number of hydrogen-bond donors (Lipinski definition) is 2. The van der Waals surface area contributed by atoms with Gasteiger partial charge in [-0.15, -0.1) is 0 Å². The van der Waals surface area contributed by atoms with Gasteiger partial charge in [0.15, 0.2) is 11.5 Å². The lowest BCUT2D eigenvalue weighted by molar-refractivity contribution is 0.561. The zero-order valence-corrected chi connectivity index (χ0v) is 11.7. The second-order valence-corrected chi connectivity index (χ2v) is 5.13. The van der Waals surface area contributed by atoms with Crippen LogP contribution in [-0.2, 0) is 6.54 Å². The van der Waals surface area contributed by atoms with Crippen molar-refractivity contribution >= 4 is 27.7 Å². The smallest absolute Gasteiger partial charge is 0.192 e. The average Bonchev–Trinajstić information content (AvgIpc) is 3.07. The number of aryl methyl sites for hydroxylation is 1. The molecule has 0 spiro atoms. The molecule has 0 radical (unpaired) electrons. The summed E-state index contributed by atoms with van der Waals surface area (Å²) < 4.78 is 5.49. The molecule has 0 atom stereocenters. The van der Waals surface area contributed by atoms with E-state index < -0.39 is 0 Å². The minimum Gasteiger partial charge on any atom is -0.441 e. The number of para-hydroxylation sites is 1. The van der Waals surface area contributed by atoms with Crippen molar-refractivity contribution in [2.75, 3.05) is 5.32 Å². The van der Waals surface area contributed by atoms with Gasteiger partial charge in [-0.2, -0.15) is 0 Å². The first kappa shape index (κ1) is 12.0. The number of nitrogens with one attached hydrogen (secondary N) is 2. The van der Waals surface area contributed by atoms with Crippen molar-refractivity contribution < 1.29 is 4.42 Å². The monoisotopic (exact) mass is 277 g/mol. The number of anilines is 1. The third kappa shape index (κ3) is 2.14. The minimum absolute atomic E-state index is 0.693. The SMILES string of the molecule is Cc1nc2cc(NCc3c[nH]c4ccccc34)ccc2o1. The summed E-state index contributed by atoms with van der Waals surface area (Å²) in [5, 5.41) is 4.69. The van der Waals surface area contributed by atoms with Gasteiger partial charge in [0.25, 0.3) is 0 Å². The minimum atomic E-state index is 0.693. The predicted octanol–water partition coefficient (Wildman–Crippen LogP) is 4.23. The molecule has 0 fully saturated rings. The van der Waals surface area contributed by atoms with Crippen molar-refractivity contribution in [3.05, 3.63) is 60.1 Å². The van der Waals surface area contributed by atoms with Crippen molar-refractivity contribution in [1.82, 2.24) is 9.97 Å². The molecule has 0 unspecified atom stereocenters. The van der Waals surface area contributed by atoms with Gasteiger partial charge in [-0.1, -0.05) is 18.2 Å². The molecule has 21 heavy (non-hydrogen) atoms. The Labute approximate surface area is 121 Å². The second kappa shape index (κ2) is 4.66. The van der Waals surface area contributed by atoms with Crippen LogP contribution >= 0.6 is 0 Å². The van der Waals surface area contributed by atoms with Crippen LogP contribution in [0, 0.1) is 6.92 Å². The Balaban J connectivity index is 1.60. The number of fused-ring (bicyclic) bond motifs is 2. The topological polar surface area (TPSA) is 53.9 Å². The molecule has 104 valence electrons. The number of hydrogen-bond acceptors (Lipinski definition) is 3. The molecule has 2 N–H and O–H groups in total. The summed E-state index contributed by atoms with van der Waals surface area (Å²) in [5.41, 5.74) is 5.17. The zero-order chi connectivity index (χ0) is 14.2. The molecular formula is C17H15N3O. The molecule has 4 heteroatoms. The van der Waals surface area contributed by atoms with E-state index in [-0.39, 0.29) is 0 Å². The summed E-state index contributed by atoms with van der Waals surface area (Å²) in [7, 11) is 0. The molecule has 4 nitrogen and oxygen atoms in total. The summed E-state index contributed by atoms with van der Waals surface area (Å²) in [5.74, 6) is 0.693. The van der Waals surface area contributed by atoms with Gasteiger partial charge in [0.05, 0.1) is 0 Å². The number of rotatable bonds is 3. The Morgan fingerprint density at radius 2 is 2.10 bits per heavy atom. The van der Waals surface area contributed by atoms with Crippen molar-refractivity contribution in [1.29, 1.82) is 0 Å². The summed E-state index contributed by atoms with van der Waals surface area (Å²) in [6.07, 6.45) is 2.05. The Bertz CT molecular complexity index is 920. The zero-order valence-electron chi connectivity index (χ0n) is 11.7. The van der Waals surface area contributed by atoms with E-state index in [1.807, 2.05) is 31.2 Å². The summed E-state index contributed by atoms with van der Waals surface area (Å²) in [6, 6.07) is 14.3. The third-order valence-electron chi connectivity index (χ3n) is 3.65. The molecule has 0 aliphatic carbocycles. The van der Waals surface area contributed by atoms with Gasteiger partial charge < -0.3 is 14.7 Å². The van der Waals surface area contributed by atoms with Gasteiger partial charge in [-0.05, 0) is 29.8 Å². The van der Waals surface area contributed by atoms with Crippen LogP contribution in [0.5, 0.6) is 0 Å². The van der Waals surface area contributed by atoms with Gasteiger partial charge in [0, 0.05) is 36.3 Å². The first-order valence-electron chi connectivity index (χ1n) is 6.96. The Kier molecular flexibility index (Phi) is 2.67. The van der Waals surface area contributed by atoms with E-state index >= 15 is 0 Å². The summed E-state index contributed by atoms with van der Waals surface area (Å²) in [4.78, 5) is 7.65. The fourth-order valence-electron chi connectivity index (χ4n) is 2.63. The van der Waals surface area contributed by atoms with E-state index in [4.69, 9.17) is 4.42 Å². The largest absolute Gasteiger partial charge is 0.441 e. The number of aromatic amines is 1. The molecule has 0 amide bonds. The van der Waals surface area contributed by atoms with Crippen molar-refractivity contribution in [2.45, 2.75) is 13.5 Å². The summed E-state index contributed by atoms with van der Waals surface area (Å²) in [6.45, 7) is 2.63. The van der Waals surface area contributed by atoms with Crippen LogP contribution in [0.4, 0.5) is 5.69 Å². The first-order chi connectivity index (χ1) is 10.3. The third-order valence-corrected chi connectivity index (χ3v) is 3.65.